The van der Waals surface area contributed by atoms with Crippen LogP contribution >= 0.6 is 15.9 Å². The standard InChI is InChI=1S/C13H16BrNO5/c1-19-10-3-7(4-11(20-2)12(10)14)13(18)15-5-8(16)9(17)6-15/h3-4,8-9,16-17H,5-6H2,1-2H3. The summed E-state index contributed by atoms with van der Waals surface area (Å²) in [6.07, 6.45) is -1.81. The van der Waals surface area contributed by atoms with Crippen LogP contribution in [0.1, 0.15) is 10.4 Å². The molecule has 0 bridgehead atoms. The summed E-state index contributed by atoms with van der Waals surface area (Å²) in [7, 11) is 2.99. The summed E-state index contributed by atoms with van der Waals surface area (Å²) in [6, 6.07) is 3.18. The second-order valence-corrected chi connectivity index (χ2v) is 5.33. The van der Waals surface area contributed by atoms with Crippen LogP contribution in [0.5, 0.6) is 11.5 Å². The number of ether oxygens (including phenoxy) is 2. The van der Waals surface area contributed by atoms with Gasteiger partial charge in [0.25, 0.3) is 5.91 Å². The van der Waals surface area contributed by atoms with Crippen LogP contribution in [-0.2, 0) is 0 Å². The summed E-state index contributed by atoms with van der Waals surface area (Å²) in [6.45, 7) is 0.224. The lowest BCUT2D eigenvalue weighted by molar-refractivity contribution is 0.0572. The van der Waals surface area contributed by atoms with E-state index in [0.29, 0.717) is 21.5 Å². The van der Waals surface area contributed by atoms with Gasteiger partial charge in [0.2, 0.25) is 0 Å². The molecule has 0 aromatic heterocycles. The normalized spacial score (nSPS) is 21.9. The SMILES string of the molecule is COc1cc(C(=O)N2CC(O)C(O)C2)cc(OC)c1Br. The lowest BCUT2D eigenvalue weighted by Crippen LogP contribution is -2.29. The van der Waals surface area contributed by atoms with Crippen LogP contribution in [-0.4, -0.2) is 60.5 Å². The van der Waals surface area contributed by atoms with E-state index < -0.39 is 12.2 Å². The van der Waals surface area contributed by atoms with Gasteiger partial charge in [0.05, 0.1) is 26.4 Å². The zero-order valence-corrected chi connectivity index (χ0v) is 12.8. The first-order chi connectivity index (χ1) is 9.47. The van der Waals surface area contributed by atoms with E-state index in [-0.39, 0.29) is 19.0 Å². The number of aliphatic hydroxyl groups excluding tert-OH is 2. The van der Waals surface area contributed by atoms with Crippen LogP contribution in [0.2, 0.25) is 0 Å². The van der Waals surface area contributed by atoms with Gasteiger partial charge in [-0.1, -0.05) is 0 Å². The minimum atomic E-state index is -0.904. The molecule has 20 heavy (non-hydrogen) atoms. The molecule has 0 aliphatic carbocycles. The Labute approximate surface area is 125 Å². The molecule has 2 rings (SSSR count). The van der Waals surface area contributed by atoms with Crippen LogP contribution < -0.4 is 9.47 Å². The lowest BCUT2D eigenvalue weighted by Gasteiger charge is -2.17. The van der Waals surface area contributed by atoms with E-state index in [1.54, 1.807) is 12.1 Å². The van der Waals surface area contributed by atoms with Crippen molar-refractivity contribution in [2.24, 2.45) is 0 Å². The van der Waals surface area contributed by atoms with Crippen LogP contribution in [0.25, 0.3) is 0 Å². The van der Waals surface area contributed by atoms with Crippen LogP contribution in [0, 0.1) is 0 Å². The second-order valence-electron chi connectivity index (χ2n) is 4.54. The lowest BCUT2D eigenvalue weighted by atomic mass is 10.1. The summed E-state index contributed by atoms with van der Waals surface area (Å²) in [5, 5.41) is 19.0. The number of nitrogens with zero attached hydrogens (tertiary/aromatic N) is 1. The largest absolute Gasteiger partial charge is 0.495 e. The molecule has 0 saturated carbocycles. The van der Waals surface area contributed by atoms with E-state index in [1.165, 1.54) is 19.1 Å². The molecule has 0 radical (unpaired) electrons. The van der Waals surface area contributed by atoms with Crippen LogP contribution in [0.3, 0.4) is 0 Å². The van der Waals surface area contributed by atoms with Crippen molar-refractivity contribution >= 4 is 21.8 Å². The average molecular weight is 346 g/mol. The topological polar surface area (TPSA) is 79.2 Å². The number of halogens is 1. The molecule has 1 amide bonds. The van der Waals surface area contributed by atoms with Gasteiger partial charge < -0.3 is 24.6 Å². The van der Waals surface area contributed by atoms with E-state index >= 15 is 0 Å². The molecule has 1 fully saturated rings. The first-order valence-electron chi connectivity index (χ1n) is 6.04. The molecular formula is C13H16BrNO5. The minimum absolute atomic E-state index is 0.112. The maximum Gasteiger partial charge on any atom is 0.254 e. The Kier molecular flexibility index (Phi) is 4.52. The molecule has 1 saturated heterocycles. The molecule has 1 aromatic rings. The summed E-state index contributed by atoms with van der Waals surface area (Å²) in [5.74, 6) is 0.672. The van der Waals surface area contributed by atoms with Crippen molar-refractivity contribution in [3.8, 4) is 11.5 Å². The zero-order chi connectivity index (χ0) is 14.9. The van der Waals surface area contributed by atoms with E-state index in [2.05, 4.69) is 15.9 Å². The predicted molar refractivity (Wildman–Crippen MR) is 75.2 cm³/mol. The molecule has 1 aliphatic rings. The molecule has 1 heterocycles. The number of likely N-dealkylation sites (tertiary alicyclic amines) is 1. The summed E-state index contributed by atoms with van der Waals surface area (Å²) < 4.78 is 11.0. The third-order valence-electron chi connectivity index (χ3n) is 3.24. The van der Waals surface area contributed by atoms with Crippen molar-refractivity contribution in [2.45, 2.75) is 12.2 Å². The van der Waals surface area contributed by atoms with Crippen LogP contribution in [0.15, 0.2) is 16.6 Å². The minimum Gasteiger partial charge on any atom is -0.495 e. The molecule has 1 aliphatic heterocycles. The van der Waals surface area contributed by atoms with Crippen LogP contribution in [0.4, 0.5) is 0 Å². The van der Waals surface area contributed by atoms with Gasteiger partial charge in [0, 0.05) is 18.7 Å². The Bertz CT molecular complexity index is 486. The number of carbonyl (C=O) groups excluding carboxylic acids is 1. The molecule has 1 aromatic carbocycles. The number of rotatable bonds is 3. The van der Waals surface area contributed by atoms with Gasteiger partial charge in [-0.05, 0) is 28.1 Å². The Morgan fingerprint density at radius 2 is 1.65 bits per heavy atom. The van der Waals surface area contributed by atoms with Crippen molar-refractivity contribution in [1.29, 1.82) is 0 Å². The van der Waals surface area contributed by atoms with Gasteiger partial charge in [0.1, 0.15) is 16.0 Å². The Morgan fingerprint density at radius 3 is 2.05 bits per heavy atom. The molecule has 2 N–H and O–H groups in total. The van der Waals surface area contributed by atoms with Crippen molar-refractivity contribution in [3.05, 3.63) is 22.2 Å². The van der Waals surface area contributed by atoms with Gasteiger partial charge in [-0.3, -0.25) is 4.79 Å². The highest BCUT2D eigenvalue weighted by molar-refractivity contribution is 9.10. The highest BCUT2D eigenvalue weighted by Gasteiger charge is 2.33. The third kappa shape index (κ3) is 2.74. The highest BCUT2D eigenvalue weighted by Crippen LogP contribution is 2.36. The van der Waals surface area contributed by atoms with Crippen molar-refractivity contribution in [3.63, 3.8) is 0 Å². The van der Waals surface area contributed by atoms with E-state index in [9.17, 15) is 15.0 Å². The Balaban J connectivity index is 2.31. The summed E-state index contributed by atoms with van der Waals surface area (Å²) >= 11 is 3.33. The van der Waals surface area contributed by atoms with Gasteiger partial charge in [0.15, 0.2) is 0 Å². The number of hydrogen-bond acceptors (Lipinski definition) is 5. The third-order valence-corrected chi connectivity index (χ3v) is 4.02. The fourth-order valence-corrected chi connectivity index (χ4v) is 2.66. The molecule has 110 valence electrons. The van der Waals surface area contributed by atoms with E-state index in [1.807, 2.05) is 0 Å². The monoisotopic (exact) mass is 345 g/mol. The molecule has 2 unspecified atom stereocenters. The first kappa shape index (κ1) is 15.1. The Morgan fingerprint density at radius 1 is 1.20 bits per heavy atom. The molecule has 6 nitrogen and oxygen atoms in total. The number of β-amino-alcohol motifs (C(OH)–C–C–N with tert-alkyl or cyclic N) is 2. The molecular weight excluding hydrogens is 330 g/mol. The predicted octanol–water partition coefficient (Wildman–Crippen LogP) is 0.644. The fraction of sp³-hybridized carbons (Fsp3) is 0.462. The maximum atomic E-state index is 12.4. The van der Waals surface area contributed by atoms with E-state index in [0.717, 1.165) is 0 Å². The van der Waals surface area contributed by atoms with Gasteiger partial charge >= 0.3 is 0 Å². The maximum absolute atomic E-state index is 12.4. The number of methoxy groups -OCH3 is 2. The quantitative estimate of drug-likeness (QED) is 0.840. The molecule has 7 heteroatoms. The first-order valence-corrected chi connectivity index (χ1v) is 6.84. The van der Waals surface area contributed by atoms with Gasteiger partial charge in [-0.2, -0.15) is 0 Å². The van der Waals surface area contributed by atoms with Crippen molar-refractivity contribution < 1.29 is 24.5 Å². The number of hydrogen-bond donors (Lipinski definition) is 2. The molecule has 0 spiro atoms. The number of aliphatic hydroxyl groups is 2. The summed E-state index contributed by atoms with van der Waals surface area (Å²) in [4.78, 5) is 13.8. The van der Waals surface area contributed by atoms with Gasteiger partial charge in [-0.15, -0.1) is 0 Å². The molecule has 2 atom stereocenters. The highest BCUT2D eigenvalue weighted by atomic mass is 79.9. The smallest absolute Gasteiger partial charge is 0.254 e. The average Bonchev–Trinajstić information content (AvgIpc) is 2.78. The zero-order valence-electron chi connectivity index (χ0n) is 11.2. The van der Waals surface area contributed by atoms with Crippen molar-refractivity contribution in [2.75, 3.05) is 27.3 Å². The second kappa shape index (κ2) is 5.99. The fourth-order valence-electron chi connectivity index (χ4n) is 2.11. The summed E-state index contributed by atoms with van der Waals surface area (Å²) in [5.41, 5.74) is 0.378. The van der Waals surface area contributed by atoms with E-state index in [4.69, 9.17) is 9.47 Å². The van der Waals surface area contributed by atoms with Gasteiger partial charge in [-0.25, -0.2) is 0 Å². The Hall–Kier alpha value is -1.31. The number of amides is 1. The number of carbonyl (C=O) groups is 1. The number of benzene rings is 1. The van der Waals surface area contributed by atoms with Crippen molar-refractivity contribution in [1.82, 2.24) is 4.90 Å².